The molecule has 1 aliphatic heterocycles. The zero-order valence-electron chi connectivity index (χ0n) is 12.6. The summed E-state index contributed by atoms with van der Waals surface area (Å²) in [6.45, 7) is 10.6. The second kappa shape index (κ2) is 5.49. The summed E-state index contributed by atoms with van der Waals surface area (Å²) < 4.78 is 0. The molecular formula is C14H26N2O3. The van der Waals surface area contributed by atoms with Gasteiger partial charge in [0.25, 0.3) is 0 Å². The van der Waals surface area contributed by atoms with Crippen LogP contribution in [-0.2, 0) is 9.59 Å². The van der Waals surface area contributed by atoms with Gasteiger partial charge in [-0.1, -0.05) is 0 Å². The second-order valence-corrected chi connectivity index (χ2v) is 6.86. The van der Waals surface area contributed by atoms with E-state index >= 15 is 0 Å². The highest BCUT2D eigenvalue weighted by Gasteiger charge is 2.40. The van der Waals surface area contributed by atoms with Crippen LogP contribution in [0, 0.1) is 5.41 Å². The smallest absolute Gasteiger partial charge is 0.310 e. The summed E-state index contributed by atoms with van der Waals surface area (Å²) in [5, 5.41) is 12.2. The lowest BCUT2D eigenvalue weighted by atomic mass is 9.81. The molecule has 1 fully saturated rings. The number of nitrogens with zero attached hydrogens (tertiary/aromatic N) is 1. The van der Waals surface area contributed by atoms with Crippen LogP contribution in [0.1, 0.15) is 47.5 Å². The summed E-state index contributed by atoms with van der Waals surface area (Å²) in [7, 11) is 0. The first-order valence-electron chi connectivity index (χ1n) is 6.85. The van der Waals surface area contributed by atoms with E-state index in [2.05, 4.69) is 5.32 Å². The van der Waals surface area contributed by atoms with Crippen LogP contribution in [0.2, 0.25) is 0 Å². The van der Waals surface area contributed by atoms with Crippen LogP contribution >= 0.6 is 0 Å². The lowest BCUT2D eigenvalue weighted by Crippen LogP contribution is -2.55. The number of rotatable bonds is 3. The van der Waals surface area contributed by atoms with Crippen LogP contribution in [0.5, 0.6) is 0 Å². The molecule has 0 radical (unpaired) electrons. The summed E-state index contributed by atoms with van der Waals surface area (Å²) in [6.07, 6.45) is 1.49. The minimum Gasteiger partial charge on any atom is -0.481 e. The van der Waals surface area contributed by atoms with Crippen molar-refractivity contribution in [3.8, 4) is 0 Å². The molecule has 1 heterocycles. The zero-order valence-corrected chi connectivity index (χ0v) is 12.6. The number of nitrogens with one attached hydrogen (secondary N) is 1. The number of carbonyl (C=O) groups excluding carboxylic acids is 1. The molecule has 0 saturated carbocycles. The number of aliphatic carboxylic acids is 1. The molecular weight excluding hydrogens is 244 g/mol. The zero-order chi connectivity index (χ0) is 14.8. The maximum absolute atomic E-state index is 12.1. The number of carbonyl (C=O) groups is 2. The Labute approximate surface area is 115 Å². The van der Waals surface area contributed by atoms with Gasteiger partial charge in [-0.05, 0) is 54.0 Å². The van der Waals surface area contributed by atoms with Gasteiger partial charge >= 0.3 is 5.97 Å². The van der Waals surface area contributed by atoms with E-state index in [0.717, 1.165) is 13.0 Å². The van der Waals surface area contributed by atoms with Gasteiger partial charge in [0.15, 0.2) is 0 Å². The SMILES string of the molecule is CC(C(=O)NC(C)(C)C)N1CCCC(C)(C(=O)O)C1. The van der Waals surface area contributed by atoms with Crippen molar-refractivity contribution >= 4 is 11.9 Å². The van der Waals surface area contributed by atoms with Gasteiger partial charge in [0.1, 0.15) is 0 Å². The molecule has 2 unspecified atom stereocenters. The van der Waals surface area contributed by atoms with Crippen molar-refractivity contribution in [3.05, 3.63) is 0 Å². The van der Waals surface area contributed by atoms with Crippen molar-refractivity contribution in [2.24, 2.45) is 5.41 Å². The molecule has 1 saturated heterocycles. The number of likely N-dealkylation sites (tertiary alicyclic amines) is 1. The Balaban J connectivity index is 2.69. The van der Waals surface area contributed by atoms with Crippen molar-refractivity contribution in [1.29, 1.82) is 0 Å². The summed E-state index contributed by atoms with van der Waals surface area (Å²) in [6, 6.07) is -0.293. The summed E-state index contributed by atoms with van der Waals surface area (Å²) >= 11 is 0. The van der Waals surface area contributed by atoms with Crippen LogP contribution in [0.15, 0.2) is 0 Å². The summed E-state index contributed by atoms with van der Waals surface area (Å²) in [5.74, 6) is -0.817. The van der Waals surface area contributed by atoms with Crippen molar-refractivity contribution < 1.29 is 14.7 Å². The molecule has 5 nitrogen and oxygen atoms in total. The molecule has 110 valence electrons. The molecule has 5 heteroatoms. The Kier molecular flexibility index (Phi) is 4.61. The topological polar surface area (TPSA) is 69.6 Å². The third kappa shape index (κ3) is 4.20. The molecule has 19 heavy (non-hydrogen) atoms. The van der Waals surface area contributed by atoms with Crippen molar-refractivity contribution in [2.75, 3.05) is 13.1 Å². The summed E-state index contributed by atoms with van der Waals surface area (Å²) in [4.78, 5) is 25.4. The first kappa shape index (κ1) is 16.0. The maximum Gasteiger partial charge on any atom is 0.310 e. The molecule has 0 bridgehead atoms. The molecule has 2 N–H and O–H groups in total. The summed E-state index contributed by atoms with van der Waals surface area (Å²) in [5.41, 5.74) is -1.01. The number of carboxylic acid groups (broad SMARTS) is 1. The third-order valence-electron chi connectivity index (χ3n) is 3.67. The van der Waals surface area contributed by atoms with Crippen LogP contribution in [0.3, 0.4) is 0 Å². The van der Waals surface area contributed by atoms with Gasteiger partial charge in [0.2, 0.25) is 5.91 Å². The molecule has 0 aromatic rings. The van der Waals surface area contributed by atoms with E-state index in [4.69, 9.17) is 0 Å². The maximum atomic E-state index is 12.1. The van der Waals surface area contributed by atoms with Crippen molar-refractivity contribution in [2.45, 2.75) is 59.0 Å². The third-order valence-corrected chi connectivity index (χ3v) is 3.67. The molecule has 2 atom stereocenters. The Morgan fingerprint density at radius 1 is 1.37 bits per heavy atom. The Bertz CT molecular complexity index is 362. The van der Waals surface area contributed by atoms with Crippen molar-refractivity contribution in [3.63, 3.8) is 0 Å². The highest BCUT2D eigenvalue weighted by atomic mass is 16.4. The number of amides is 1. The fourth-order valence-electron chi connectivity index (χ4n) is 2.42. The number of hydrogen-bond donors (Lipinski definition) is 2. The Hall–Kier alpha value is -1.10. The average molecular weight is 270 g/mol. The normalized spacial score (nSPS) is 26.8. The molecule has 0 aliphatic carbocycles. The van der Waals surface area contributed by atoms with Crippen molar-refractivity contribution in [1.82, 2.24) is 10.2 Å². The molecule has 1 aliphatic rings. The number of hydrogen-bond acceptors (Lipinski definition) is 3. The number of carboxylic acids is 1. The van der Waals surface area contributed by atoms with E-state index in [1.165, 1.54) is 0 Å². The minimum atomic E-state index is -0.777. The first-order chi connectivity index (χ1) is 8.55. The second-order valence-electron chi connectivity index (χ2n) is 6.86. The van der Waals surface area contributed by atoms with E-state index in [1.807, 2.05) is 32.6 Å². The van der Waals surface area contributed by atoms with Crippen LogP contribution in [-0.4, -0.2) is 46.6 Å². The van der Waals surface area contributed by atoms with E-state index in [-0.39, 0.29) is 17.5 Å². The van der Waals surface area contributed by atoms with Gasteiger partial charge in [0.05, 0.1) is 11.5 Å². The molecule has 0 spiro atoms. The Morgan fingerprint density at radius 2 is 1.95 bits per heavy atom. The lowest BCUT2D eigenvalue weighted by Gasteiger charge is -2.40. The lowest BCUT2D eigenvalue weighted by molar-refractivity contribution is -0.153. The van der Waals surface area contributed by atoms with E-state index < -0.39 is 11.4 Å². The average Bonchev–Trinajstić information content (AvgIpc) is 2.25. The molecule has 1 rings (SSSR count). The monoisotopic (exact) mass is 270 g/mol. The minimum absolute atomic E-state index is 0.0397. The predicted molar refractivity (Wildman–Crippen MR) is 73.9 cm³/mol. The van der Waals surface area contributed by atoms with Gasteiger partial charge in [-0.15, -0.1) is 0 Å². The quantitative estimate of drug-likeness (QED) is 0.815. The van der Waals surface area contributed by atoms with Gasteiger partial charge in [-0.2, -0.15) is 0 Å². The van der Waals surface area contributed by atoms with Gasteiger partial charge < -0.3 is 10.4 Å². The highest BCUT2D eigenvalue weighted by Crippen LogP contribution is 2.30. The van der Waals surface area contributed by atoms with E-state index in [1.54, 1.807) is 6.92 Å². The number of piperidine rings is 1. The molecule has 1 amide bonds. The fraction of sp³-hybridized carbons (Fsp3) is 0.857. The standard InChI is InChI=1S/C14H26N2O3/c1-10(11(17)15-13(2,3)4)16-8-6-7-14(5,9-16)12(18)19/h10H,6-9H2,1-5H3,(H,15,17)(H,18,19). The van der Waals surface area contributed by atoms with E-state index in [0.29, 0.717) is 13.0 Å². The van der Waals surface area contributed by atoms with Gasteiger partial charge in [-0.25, -0.2) is 0 Å². The largest absolute Gasteiger partial charge is 0.481 e. The molecule has 0 aromatic carbocycles. The van der Waals surface area contributed by atoms with E-state index in [9.17, 15) is 14.7 Å². The van der Waals surface area contributed by atoms with Crippen LogP contribution in [0.4, 0.5) is 0 Å². The van der Waals surface area contributed by atoms with Crippen LogP contribution < -0.4 is 5.32 Å². The van der Waals surface area contributed by atoms with Gasteiger partial charge in [0, 0.05) is 12.1 Å². The molecule has 0 aromatic heterocycles. The predicted octanol–water partition coefficient (Wildman–Crippen LogP) is 1.48. The first-order valence-corrected chi connectivity index (χ1v) is 6.85. The van der Waals surface area contributed by atoms with Crippen LogP contribution in [0.25, 0.3) is 0 Å². The fourth-order valence-corrected chi connectivity index (χ4v) is 2.42. The highest BCUT2D eigenvalue weighted by molar-refractivity contribution is 5.82. The van der Waals surface area contributed by atoms with Gasteiger partial charge in [-0.3, -0.25) is 14.5 Å². The Morgan fingerprint density at radius 3 is 2.42 bits per heavy atom.